The number of carbonyl (C=O) groups excluding carboxylic acids is 3. The molecule has 0 aromatic heterocycles. The van der Waals surface area contributed by atoms with E-state index < -0.39 is 11.7 Å². The molecule has 112 valence electrons. The van der Waals surface area contributed by atoms with Crippen LogP contribution in [-0.2, 0) is 9.59 Å². The van der Waals surface area contributed by atoms with E-state index in [4.69, 9.17) is 0 Å². The van der Waals surface area contributed by atoms with Gasteiger partial charge in [0.1, 0.15) is 6.54 Å². The normalized spacial score (nSPS) is 13.9. The van der Waals surface area contributed by atoms with Crippen LogP contribution in [0.1, 0.15) is 35.3 Å². The van der Waals surface area contributed by atoms with Crippen LogP contribution in [-0.4, -0.2) is 30.7 Å². The molecule has 1 N–H and O–H groups in total. The summed E-state index contributed by atoms with van der Waals surface area (Å²) in [6.45, 7) is 8.14. The quantitative estimate of drug-likeness (QED) is 0.856. The van der Waals surface area contributed by atoms with Crippen molar-refractivity contribution >= 4 is 23.3 Å². The minimum absolute atomic E-state index is 0.117. The van der Waals surface area contributed by atoms with Crippen LogP contribution in [0.4, 0.5) is 5.69 Å². The maximum absolute atomic E-state index is 12.1. The van der Waals surface area contributed by atoms with Crippen LogP contribution < -0.4 is 10.2 Å². The summed E-state index contributed by atoms with van der Waals surface area (Å²) in [7, 11) is 0. The Morgan fingerprint density at radius 3 is 2.52 bits per heavy atom. The van der Waals surface area contributed by atoms with Crippen molar-refractivity contribution in [2.24, 2.45) is 5.92 Å². The van der Waals surface area contributed by atoms with Gasteiger partial charge < -0.3 is 5.32 Å². The monoisotopic (exact) mass is 288 g/mol. The van der Waals surface area contributed by atoms with E-state index in [1.54, 1.807) is 6.07 Å². The molecule has 0 saturated heterocycles. The molecule has 0 atom stereocenters. The fourth-order valence-corrected chi connectivity index (χ4v) is 2.50. The summed E-state index contributed by atoms with van der Waals surface area (Å²) >= 11 is 0. The Morgan fingerprint density at radius 2 is 1.90 bits per heavy atom. The Labute approximate surface area is 124 Å². The number of amides is 2. The van der Waals surface area contributed by atoms with Crippen molar-refractivity contribution in [1.82, 2.24) is 5.32 Å². The molecule has 5 nitrogen and oxygen atoms in total. The van der Waals surface area contributed by atoms with Gasteiger partial charge in [-0.3, -0.25) is 19.3 Å². The fraction of sp³-hybridized carbons (Fsp3) is 0.438. The first-order valence-electron chi connectivity index (χ1n) is 7.05. The van der Waals surface area contributed by atoms with E-state index in [1.807, 2.05) is 33.8 Å². The van der Waals surface area contributed by atoms with Crippen molar-refractivity contribution < 1.29 is 14.4 Å². The second kappa shape index (κ2) is 5.68. The number of benzene rings is 1. The van der Waals surface area contributed by atoms with Crippen LogP contribution in [0.5, 0.6) is 0 Å². The zero-order chi connectivity index (χ0) is 15.7. The Balaban J connectivity index is 2.25. The van der Waals surface area contributed by atoms with Crippen molar-refractivity contribution in [3.63, 3.8) is 0 Å². The molecular weight excluding hydrogens is 268 g/mol. The zero-order valence-corrected chi connectivity index (χ0v) is 12.8. The van der Waals surface area contributed by atoms with Crippen LogP contribution >= 0.6 is 0 Å². The number of rotatable bonds is 4. The lowest BCUT2D eigenvalue weighted by atomic mass is 10.0. The van der Waals surface area contributed by atoms with E-state index in [-0.39, 0.29) is 12.5 Å². The molecule has 0 saturated carbocycles. The highest BCUT2D eigenvalue weighted by atomic mass is 16.2. The molecule has 1 heterocycles. The summed E-state index contributed by atoms with van der Waals surface area (Å²) in [5, 5.41) is 2.76. The molecule has 1 aromatic carbocycles. The average Bonchev–Trinajstić information content (AvgIpc) is 2.62. The maximum Gasteiger partial charge on any atom is 0.299 e. The number of fused-ring (bicyclic) bond motifs is 1. The van der Waals surface area contributed by atoms with Gasteiger partial charge in [0.25, 0.3) is 11.7 Å². The van der Waals surface area contributed by atoms with Gasteiger partial charge in [-0.05, 0) is 37.0 Å². The number of hydrogen-bond acceptors (Lipinski definition) is 3. The van der Waals surface area contributed by atoms with Gasteiger partial charge >= 0.3 is 0 Å². The average molecular weight is 288 g/mol. The minimum Gasteiger partial charge on any atom is -0.354 e. The molecule has 0 spiro atoms. The van der Waals surface area contributed by atoms with Gasteiger partial charge in [-0.2, -0.15) is 0 Å². The van der Waals surface area contributed by atoms with Crippen LogP contribution in [0.25, 0.3) is 0 Å². The summed E-state index contributed by atoms with van der Waals surface area (Å²) in [4.78, 5) is 37.3. The Morgan fingerprint density at radius 1 is 1.24 bits per heavy atom. The Bertz CT molecular complexity index is 620. The molecule has 0 radical (unpaired) electrons. The summed E-state index contributed by atoms with van der Waals surface area (Å²) in [5.41, 5.74) is 2.73. The molecular formula is C16H20N2O3. The van der Waals surface area contributed by atoms with E-state index in [0.717, 1.165) is 11.1 Å². The first-order chi connectivity index (χ1) is 9.81. The highest BCUT2D eigenvalue weighted by Crippen LogP contribution is 2.33. The zero-order valence-electron chi connectivity index (χ0n) is 12.8. The fourth-order valence-electron chi connectivity index (χ4n) is 2.50. The number of anilines is 1. The molecule has 0 bridgehead atoms. The third-order valence-electron chi connectivity index (χ3n) is 3.41. The molecule has 1 aliphatic heterocycles. The van der Waals surface area contributed by atoms with Crippen LogP contribution in [0.2, 0.25) is 0 Å². The smallest absolute Gasteiger partial charge is 0.299 e. The second-order valence-electron chi connectivity index (χ2n) is 5.90. The predicted molar refractivity (Wildman–Crippen MR) is 80.4 cm³/mol. The van der Waals surface area contributed by atoms with E-state index in [2.05, 4.69) is 5.32 Å². The maximum atomic E-state index is 12.1. The largest absolute Gasteiger partial charge is 0.354 e. The molecule has 1 aliphatic rings. The van der Waals surface area contributed by atoms with E-state index >= 15 is 0 Å². The molecule has 2 rings (SSSR count). The number of aryl methyl sites for hydroxylation is 2. The lowest BCUT2D eigenvalue weighted by Crippen LogP contribution is -2.41. The lowest BCUT2D eigenvalue weighted by Gasteiger charge is -2.18. The van der Waals surface area contributed by atoms with Gasteiger partial charge in [0, 0.05) is 6.54 Å². The second-order valence-corrected chi connectivity index (χ2v) is 5.90. The summed E-state index contributed by atoms with van der Waals surface area (Å²) in [5.74, 6) is -1.08. The van der Waals surface area contributed by atoms with Gasteiger partial charge in [0.15, 0.2) is 0 Å². The first-order valence-corrected chi connectivity index (χ1v) is 7.05. The summed E-state index contributed by atoms with van der Waals surface area (Å²) < 4.78 is 0. The molecule has 0 aliphatic carbocycles. The highest BCUT2D eigenvalue weighted by molar-refractivity contribution is 6.52. The number of nitrogens with zero attached hydrogens (tertiary/aromatic N) is 1. The van der Waals surface area contributed by atoms with Crippen molar-refractivity contribution in [3.8, 4) is 0 Å². The van der Waals surface area contributed by atoms with Crippen molar-refractivity contribution in [1.29, 1.82) is 0 Å². The van der Waals surface area contributed by atoms with Gasteiger partial charge in [0.05, 0.1) is 11.3 Å². The van der Waals surface area contributed by atoms with Crippen LogP contribution in [0, 0.1) is 19.8 Å². The van der Waals surface area contributed by atoms with E-state index in [1.165, 1.54) is 4.90 Å². The third-order valence-corrected chi connectivity index (χ3v) is 3.41. The van der Waals surface area contributed by atoms with Gasteiger partial charge in [0.2, 0.25) is 5.91 Å². The number of hydrogen-bond donors (Lipinski definition) is 1. The molecule has 5 heteroatoms. The first kappa shape index (κ1) is 15.2. The molecule has 1 aromatic rings. The molecule has 0 fully saturated rings. The lowest BCUT2D eigenvalue weighted by molar-refractivity contribution is -0.122. The van der Waals surface area contributed by atoms with Crippen molar-refractivity contribution in [3.05, 3.63) is 28.8 Å². The summed E-state index contributed by atoms with van der Waals surface area (Å²) in [6.07, 6.45) is 0. The number of carbonyl (C=O) groups is 3. The van der Waals surface area contributed by atoms with Gasteiger partial charge in [-0.1, -0.05) is 19.9 Å². The minimum atomic E-state index is -0.626. The SMILES string of the molecule is Cc1cc(C)c2c(c1)C(=O)C(=O)N2CC(=O)NCC(C)C. The van der Waals surface area contributed by atoms with E-state index in [0.29, 0.717) is 23.7 Å². The van der Waals surface area contributed by atoms with Gasteiger partial charge in [-0.15, -0.1) is 0 Å². The Kier molecular flexibility index (Phi) is 4.11. The Hall–Kier alpha value is -2.17. The number of ketones is 1. The summed E-state index contributed by atoms with van der Waals surface area (Å²) in [6, 6.07) is 3.61. The molecule has 21 heavy (non-hydrogen) atoms. The van der Waals surface area contributed by atoms with Crippen LogP contribution in [0.15, 0.2) is 12.1 Å². The highest BCUT2D eigenvalue weighted by Gasteiger charge is 2.37. The van der Waals surface area contributed by atoms with E-state index in [9.17, 15) is 14.4 Å². The topological polar surface area (TPSA) is 66.5 Å². The molecule has 0 unspecified atom stereocenters. The van der Waals surface area contributed by atoms with Crippen molar-refractivity contribution in [2.45, 2.75) is 27.7 Å². The third kappa shape index (κ3) is 2.96. The predicted octanol–water partition coefficient (Wildman–Crippen LogP) is 1.60. The van der Waals surface area contributed by atoms with Crippen LogP contribution in [0.3, 0.4) is 0 Å². The number of Topliss-reactive ketones (excluding diaryl/α,β-unsaturated/α-hetero) is 1. The standard InChI is InChI=1S/C16H20N2O3/c1-9(2)7-17-13(19)8-18-14-11(4)5-10(3)6-12(14)15(20)16(18)21/h5-6,9H,7-8H2,1-4H3,(H,17,19). The van der Waals surface area contributed by atoms with Gasteiger partial charge in [-0.25, -0.2) is 0 Å². The number of nitrogens with one attached hydrogen (secondary N) is 1. The molecule has 2 amide bonds. The van der Waals surface area contributed by atoms with Crippen molar-refractivity contribution in [2.75, 3.05) is 18.0 Å².